The molecule has 0 amide bonds. The molecule has 0 unspecified atom stereocenters. The molecule has 2 aromatic rings. The van der Waals surface area contributed by atoms with Crippen molar-refractivity contribution in [3.63, 3.8) is 0 Å². The number of imidazole rings is 1. The zero-order valence-electron chi connectivity index (χ0n) is 15.2. The summed E-state index contributed by atoms with van der Waals surface area (Å²) in [5.41, 5.74) is 2.34. The lowest BCUT2D eigenvalue weighted by Crippen LogP contribution is -2.55. The van der Waals surface area contributed by atoms with Crippen LogP contribution in [0.3, 0.4) is 0 Å². The summed E-state index contributed by atoms with van der Waals surface area (Å²) in [4.78, 5) is 7.70. The Hall–Kier alpha value is -0.910. The average Bonchev–Trinajstić information content (AvgIpc) is 2.88. The highest BCUT2D eigenvalue weighted by Gasteiger charge is 2.30. The van der Waals surface area contributed by atoms with Crippen LogP contribution in [0.25, 0.3) is 11.0 Å². The number of aryl methyl sites for hydroxylation is 1. The Kier molecular flexibility index (Phi) is 5.63. The molecule has 1 N–H and O–H groups in total. The molecule has 1 aromatic carbocycles. The summed E-state index contributed by atoms with van der Waals surface area (Å²) in [7, 11) is 0. The van der Waals surface area contributed by atoms with E-state index in [0.717, 1.165) is 36.0 Å². The first-order valence-electron chi connectivity index (χ1n) is 9.19. The fourth-order valence-corrected chi connectivity index (χ4v) is 4.43. The van der Waals surface area contributed by atoms with Crippen LogP contribution in [0.5, 0.6) is 0 Å². The fourth-order valence-electron chi connectivity index (χ4n) is 4.08. The van der Waals surface area contributed by atoms with Gasteiger partial charge in [0.25, 0.3) is 0 Å². The van der Waals surface area contributed by atoms with Crippen molar-refractivity contribution in [2.45, 2.75) is 65.2 Å². The van der Waals surface area contributed by atoms with Crippen molar-refractivity contribution in [2.75, 3.05) is 13.1 Å². The first kappa shape index (κ1) is 17.9. The van der Waals surface area contributed by atoms with Gasteiger partial charge in [0.05, 0.1) is 17.1 Å². The van der Waals surface area contributed by atoms with Crippen LogP contribution in [-0.2, 0) is 6.54 Å². The highest BCUT2D eigenvalue weighted by molar-refractivity contribution is 9.10. The Morgan fingerprint density at radius 2 is 1.96 bits per heavy atom. The maximum absolute atomic E-state index is 5.06. The molecule has 3 atom stereocenters. The first-order valence-corrected chi connectivity index (χ1v) is 9.98. The molecule has 0 bridgehead atoms. The first-order chi connectivity index (χ1) is 11.5. The number of benzene rings is 1. The van der Waals surface area contributed by atoms with Gasteiger partial charge in [-0.25, -0.2) is 4.98 Å². The summed E-state index contributed by atoms with van der Waals surface area (Å²) in [5, 5.41) is 3.65. The Morgan fingerprint density at radius 1 is 1.25 bits per heavy atom. The maximum Gasteiger partial charge on any atom is 0.127 e. The molecule has 5 heteroatoms. The Bertz CT molecular complexity index is 686. The summed E-state index contributed by atoms with van der Waals surface area (Å²) in [6.45, 7) is 12.2. The predicted molar refractivity (Wildman–Crippen MR) is 104 cm³/mol. The number of hydrogen-bond acceptors (Lipinski definition) is 3. The minimum Gasteiger partial charge on any atom is -0.327 e. The smallest absolute Gasteiger partial charge is 0.127 e. The molecule has 0 aliphatic carbocycles. The van der Waals surface area contributed by atoms with E-state index >= 15 is 0 Å². The van der Waals surface area contributed by atoms with Crippen LogP contribution in [0.2, 0.25) is 0 Å². The van der Waals surface area contributed by atoms with Gasteiger partial charge in [0.15, 0.2) is 0 Å². The number of hydrogen-bond donors (Lipinski definition) is 1. The molecule has 0 radical (unpaired) electrons. The number of piperazine rings is 1. The Morgan fingerprint density at radius 3 is 2.58 bits per heavy atom. The summed E-state index contributed by atoms with van der Waals surface area (Å²) in [5.74, 6) is 1.23. The molecule has 1 fully saturated rings. The second kappa shape index (κ2) is 7.54. The van der Waals surface area contributed by atoms with Crippen molar-refractivity contribution in [1.82, 2.24) is 19.8 Å². The molecule has 3 rings (SSSR count). The molecule has 132 valence electrons. The van der Waals surface area contributed by atoms with Gasteiger partial charge in [-0.15, -0.1) is 0 Å². The van der Waals surface area contributed by atoms with Crippen LogP contribution in [0.4, 0.5) is 0 Å². The van der Waals surface area contributed by atoms with E-state index < -0.39 is 0 Å². The zero-order valence-corrected chi connectivity index (χ0v) is 16.8. The van der Waals surface area contributed by atoms with Crippen LogP contribution in [0.1, 0.15) is 52.4 Å². The number of nitrogens with zero attached hydrogens (tertiary/aromatic N) is 3. The van der Waals surface area contributed by atoms with Gasteiger partial charge in [-0.3, -0.25) is 4.90 Å². The third-order valence-corrected chi connectivity index (χ3v) is 5.44. The van der Waals surface area contributed by atoms with Gasteiger partial charge < -0.3 is 9.88 Å². The summed E-state index contributed by atoms with van der Waals surface area (Å²) in [6.07, 6.45) is 2.33. The standard InChI is InChI=1S/C19H29BrN4/c1-5-7-18(23-11-13(3)21-14(4)12-23)19-22-16-10-15(20)8-9-17(16)24(19)6-2/h8-10,13-14,18,21H,5-7,11-12H2,1-4H3/t13-,14+,18-/m0/s1. The lowest BCUT2D eigenvalue weighted by Gasteiger charge is -2.40. The number of fused-ring (bicyclic) bond motifs is 1. The summed E-state index contributed by atoms with van der Waals surface area (Å²) in [6, 6.07) is 7.89. The SMILES string of the molecule is CCC[C@@H](c1nc2cc(Br)ccc2n1CC)N1C[C@@H](C)N[C@@H](C)C1. The lowest BCUT2D eigenvalue weighted by atomic mass is 10.0. The van der Waals surface area contributed by atoms with Gasteiger partial charge in [0.1, 0.15) is 5.82 Å². The normalized spacial score (nSPS) is 23.7. The van der Waals surface area contributed by atoms with Gasteiger partial charge >= 0.3 is 0 Å². The number of nitrogens with one attached hydrogen (secondary N) is 1. The van der Waals surface area contributed by atoms with Crippen molar-refractivity contribution in [3.8, 4) is 0 Å². The highest BCUT2D eigenvalue weighted by atomic mass is 79.9. The fraction of sp³-hybridized carbons (Fsp3) is 0.632. The summed E-state index contributed by atoms with van der Waals surface area (Å²) >= 11 is 3.58. The van der Waals surface area contributed by atoms with Crippen LogP contribution < -0.4 is 5.32 Å². The average molecular weight is 393 g/mol. The van der Waals surface area contributed by atoms with E-state index in [1.165, 1.54) is 17.8 Å². The minimum absolute atomic E-state index is 0.396. The molecule has 0 saturated carbocycles. The van der Waals surface area contributed by atoms with E-state index in [9.17, 15) is 0 Å². The van der Waals surface area contributed by atoms with Gasteiger partial charge in [-0.1, -0.05) is 29.3 Å². The second-order valence-electron chi connectivity index (χ2n) is 7.07. The number of aromatic nitrogens is 2. The molecule has 4 nitrogen and oxygen atoms in total. The van der Waals surface area contributed by atoms with Gasteiger partial charge in [-0.05, 0) is 45.4 Å². The number of rotatable bonds is 5. The third kappa shape index (κ3) is 3.53. The summed E-state index contributed by atoms with van der Waals surface area (Å²) < 4.78 is 3.50. The highest BCUT2D eigenvalue weighted by Crippen LogP contribution is 2.31. The molecule has 1 aliphatic rings. The van der Waals surface area contributed by atoms with E-state index in [2.05, 4.69) is 76.6 Å². The third-order valence-electron chi connectivity index (χ3n) is 4.94. The lowest BCUT2D eigenvalue weighted by molar-refractivity contribution is 0.110. The van der Waals surface area contributed by atoms with Crippen LogP contribution in [-0.4, -0.2) is 39.6 Å². The molecule has 2 heterocycles. The molecule has 1 aliphatic heterocycles. The monoisotopic (exact) mass is 392 g/mol. The Balaban J connectivity index is 2.03. The quantitative estimate of drug-likeness (QED) is 0.820. The maximum atomic E-state index is 5.06. The number of halogens is 1. The van der Waals surface area contributed by atoms with Crippen LogP contribution >= 0.6 is 15.9 Å². The van der Waals surface area contributed by atoms with Gasteiger partial charge in [0.2, 0.25) is 0 Å². The van der Waals surface area contributed by atoms with E-state index in [4.69, 9.17) is 4.98 Å². The molecular formula is C19H29BrN4. The molecular weight excluding hydrogens is 364 g/mol. The van der Waals surface area contributed by atoms with Gasteiger partial charge in [-0.2, -0.15) is 0 Å². The Labute approximate surface area is 153 Å². The minimum atomic E-state index is 0.396. The molecule has 1 aromatic heterocycles. The molecule has 0 spiro atoms. The second-order valence-corrected chi connectivity index (χ2v) is 7.99. The van der Waals surface area contributed by atoms with Crippen molar-refractivity contribution < 1.29 is 0 Å². The van der Waals surface area contributed by atoms with Crippen LogP contribution in [0, 0.1) is 0 Å². The van der Waals surface area contributed by atoms with Crippen molar-refractivity contribution in [3.05, 3.63) is 28.5 Å². The molecule has 24 heavy (non-hydrogen) atoms. The predicted octanol–water partition coefficient (Wildman–Crippen LogP) is 4.34. The van der Waals surface area contributed by atoms with Crippen molar-refractivity contribution >= 4 is 27.0 Å². The molecule has 1 saturated heterocycles. The van der Waals surface area contributed by atoms with Crippen LogP contribution in [0.15, 0.2) is 22.7 Å². The zero-order chi connectivity index (χ0) is 17.3. The van der Waals surface area contributed by atoms with Crippen molar-refractivity contribution in [2.24, 2.45) is 0 Å². The van der Waals surface area contributed by atoms with Crippen molar-refractivity contribution in [1.29, 1.82) is 0 Å². The van der Waals surface area contributed by atoms with E-state index in [0.29, 0.717) is 18.1 Å². The van der Waals surface area contributed by atoms with E-state index in [-0.39, 0.29) is 0 Å². The topological polar surface area (TPSA) is 33.1 Å². The van der Waals surface area contributed by atoms with E-state index in [1.54, 1.807) is 0 Å². The largest absolute Gasteiger partial charge is 0.327 e. The van der Waals surface area contributed by atoms with E-state index in [1.807, 2.05) is 0 Å². The van der Waals surface area contributed by atoms with Gasteiger partial charge in [0, 0.05) is 36.2 Å².